The Hall–Kier alpha value is -4.22. The number of benzene rings is 1. The number of alkyl halides is 4. The molecule has 172 valence electrons. The molecule has 33 heavy (non-hydrogen) atoms. The van der Waals surface area contributed by atoms with Gasteiger partial charge in [-0.05, 0) is 29.8 Å². The Morgan fingerprint density at radius 1 is 0.970 bits per heavy atom. The minimum absolute atomic E-state index is 0.0197. The van der Waals surface area contributed by atoms with E-state index in [9.17, 15) is 27.2 Å². The van der Waals surface area contributed by atoms with Gasteiger partial charge < -0.3 is 21.7 Å². The second-order valence-electron chi connectivity index (χ2n) is 6.85. The van der Waals surface area contributed by atoms with Gasteiger partial charge in [0.1, 0.15) is 18.3 Å². The van der Waals surface area contributed by atoms with Crippen LogP contribution in [-0.4, -0.2) is 21.8 Å². The van der Waals surface area contributed by atoms with Crippen molar-refractivity contribution < 1.29 is 27.2 Å². The van der Waals surface area contributed by atoms with E-state index >= 15 is 0 Å². The topological polar surface area (TPSA) is 122 Å². The van der Waals surface area contributed by atoms with Crippen molar-refractivity contribution in [1.29, 1.82) is 0 Å². The minimum atomic E-state index is -4.75. The number of anilines is 5. The van der Waals surface area contributed by atoms with E-state index in [2.05, 4.69) is 25.9 Å². The van der Waals surface area contributed by atoms with Crippen molar-refractivity contribution in [3.8, 4) is 0 Å². The number of halogens is 4. The van der Waals surface area contributed by atoms with Gasteiger partial charge in [0.2, 0.25) is 5.91 Å². The SMILES string of the molecule is CC(=O)Nc1ccc(Nc2cc(Nc3ccc(CF)cc3C(N)=O)c(C(F)(F)F)cn2)nc1. The summed E-state index contributed by atoms with van der Waals surface area (Å²) in [5.74, 6) is -0.941. The standard InChI is InChI=1S/C21H18F4N6O2/c1-11(32)29-13-3-5-18(27-9-13)31-19-7-17(15(10-28-19)21(23,24)25)30-16-4-2-12(8-22)6-14(16)20(26)33/h2-7,9-10H,8H2,1H3,(H2,26,33)(H,29,32)(H2,27,28,30,31). The fraction of sp³-hybridized carbons (Fsp3) is 0.143. The van der Waals surface area contributed by atoms with Gasteiger partial charge in [0.15, 0.2) is 0 Å². The molecule has 0 saturated carbocycles. The number of nitrogens with one attached hydrogen (secondary N) is 3. The fourth-order valence-corrected chi connectivity index (χ4v) is 2.86. The highest BCUT2D eigenvalue weighted by molar-refractivity contribution is 5.99. The Morgan fingerprint density at radius 2 is 1.70 bits per heavy atom. The predicted molar refractivity (Wildman–Crippen MR) is 114 cm³/mol. The molecule has 2 amide bonds. The third kappa shape index (κ3) is 5.93. The molecule has 0 unspecified atom stereocenters. The highest BCUT2D eigenvalue weighted by atomic mass is 19.4. The van der Waals surface area contributed by atoms with Gasteiger partial charge in [-0.25, -0.2) is 14.4 Å². The lowest BCUT2D eigenvalue weighted by atomic mass is 10.1. The van der Waals surface area contributed by atoms with Gasteiger partial charge in [-0.3, -0.25) is 9.59 Å². The van der Waals surface area contributed by atoms with E-state index in [-0.39, 0.29) is 34.4 Å². The number of nitrogens with zero attached hydrogens (tertiary/aromatic N) is 2. The molecule has 5 N–H and O–H groups in total. The number of hydrogen-bond acceptors (Lipinski definition) is 6. The zero-order valence-electron chi connectivity index (χ0n) is 17.1. The Balaban J connectivity index is 1.95. The summed E-state index contributed by atoms with van der Waals surface area (Å²) in [6.45, 7) is 0.465. The van der Waals surface area contributed by atoms with Crippen LogP contribution in [0.3, 0.4) is 0 Å². The molecule has 0 bridgehead atoms. The summed E-state index contributed by atoms with van der Waals surface area (Å²) in [5.41, 5.74) is 4.20. The van der Waals surface area contributed by atoms with Crippen molar-refractivity contribution in [1.82, 2.24) is 9.97 Å². The van der Waals surface area contributed by atoms with Crippen LogP contribution < -0.4 is 21.7 Å². The molecule has 2 heterocycles. The van der Waals surface area contributed by atoms with Gasteiger partial charge in [0, 0.05) is 19.2 Å². The van der Waals surface area contributed by atoms with Crippen LogP contribution in [0.4, 0.5) is 46.3 Å². The zero-order chi connectivity index (χ0) is 24.2. The predicted octanol–water partition coefficient (Wildman–Crippen LogP) is 4.51. The summed E-state index contributed by atoms with van der Waals surface area (Å²) in [5, 5.41) is 7.85. The first-order chi connectivity index (χ1) is 15.6. The van der Waals surface area contributed by atoms with Crippen LogP contribution in [0, 0.1) is 0 Å². The number of rotatable bonds is 7. The molecule has 0 spiro atoms. The summed E-state index contributed by atoms with van der Waals surface area (Å²) < 4.78 is 53.6. The smallest absolute Gasteiger partial charge is 0.366 e. The number of carbonyl (C=O) groups excluding carboxylic acids is 2. The number of primary amides is 1. The average Bonchev–Trinajstić information content (AvgIpc) is 2.74. The molecule has 0 atom stereocenters. The van der Waals surface area contributed by atoms with Gasteiger partial charge in [0.25, 0.3) is 5.91 Å². The molecule has 12 heteroatoms. The van der Waals surface area contributed by atoms with Crippen LogP contribution in [0.1, 0.15) is 28.4 Å². The summed E-state index contributed by atoms with van der Waals surface area (Å²) in [6.07, 6.45) is -2.77. The molecule has 3 aromatic rings. The van der Waals surface area contributed by atoms with E-state index in [1.807, 2.05) is 0 Å². The molecule has 0 fully saturated rings. The first-order valence-corrected chi connectivity index (χ1v) is 9.40. The highest BCUT2D eigenvalue weighted by Crippen LogP contribution is 2.37. The van der Waals surface area contributed by atoms with Crippen molar-refractivity contribution >= 4 is 40.5 Å². The second kappa shape index (κ2) is 9.51. The van der Waals surface area contributed by atoms with Crippen molar-refractivity contribution in [2.75, 3.05) is 16.0 Å². The van der Waals surface area contributed by atoms with Gasteiger partial charge in [-0.2, -0.15) is 13.2 Å². The molecule has 0 aliphatic rings. The van der Waals surface area contributed by atoms with Crippen molar-refractivity contribution in [2.45, 2.75) is 19.8 Å². The van der Waals surface area contributed by atoms with Crippen LogP contribution in [0.5, 0.6) is 0 Å². The lowest BCUT2D eigenvalue weighted by Gasteiger charge is -2.17. The van der Waals surface area contributed by atoms with Gasteiger partial charge >= 0.3 is 6.18 Å². The monoisotopic (exact) mass is 462 g/mol. The zero-order valence-corrected chi connectivity index (χ0v) is 17.1. The van der Waals surface area contributed by atoms with Crippen molar-refractivity contribution in [3.63, 3.8) is 0 Å². The Kier molecular flexibility index (Phi) is 6.75. The van der Waals surface area contributed by atoms with Gasteiger partial charge in [0.05, 0.1) is 34.4 Å². The summed E-state index contributed by atoms with van der Waals surface area (Å²) in [7, 11) is 0. The lowest BCUT2D eigenvalue weighted by Crippen LogP contribution is -2.15. The summed E-state index contributed by atoms with van der Waals surface area (Å²) in [6, 6.07) is 7.89. The molecule has 8 nitrogen and oxygen atoms in total. The largest absolute Gasteiger partial charge is 0.419 e. The third-order valence-corrected chi connectivity index (χ3v) is 4.32. The van der Waals surface area contributed by atoms with Crippen molar-refractivity contribution in [3.05, 3.63) is 65.5 Å². The normalized spacial score (nSPS) is 11.1. The van der Waals surface area contributed by atoms with Crippen LogP contribution >= 0.6 is 0 Å². The average molecular weight is 462 g/mol. The number of aromatic nitrogens is 2. The Labute approximate surface area is 185 Å². The maximum Gasteiger partial charge on any atom is 0.419 e. The number of amides is 2. The first-order valence-electron chi connectivity index (χ1n) is 9.40. The maximum atomic E-state index is 13.5. The van der Waals surface area contributed by atoms with Gasteiger partial charge in [-0.1, -0.05) is 6.07 Å². The quantitative estimate of drug-likeness (QED) is 0.383. The van der Waals surface area contributed by atoms with Gasteiger partial charge in [-0.15, -0.1) is 0 Å². The molecular formula is C21H18F4N6O2. The second-order valence-corrected chi connectivity index (χ2v) is 6.85. The molecule has 0 saturated heterocycles. The molecule has 0 aliphatic carbocycles. The van der Waals surface area contributed by atoms with Crippen molar-refractivity contribution in [2.24, 2.45) is 5.73 Å². The number of hydrogen-bond donors (Lipinski definition) is 4. The van der Waals surface area contributed by atoms with E-state index in [0.717, 1.165) is 6.07 Å². The van der Waals surface area contributed by atoms with Crippen LogP contribution in [0.25, 0.3) is 0 Å². The number of pyridine rings is 2. The van der Waals surface area contributed by atoms with E-state index < -0.39 is 30.0 Å². The Bertz CT molecular complexity index is 1180. The first kappa shape index (κ1) is 23.4. The number of carbonyl (C=O) groups is 2. The van der Waals surface area contributed by atoms with E-state index in [1.54, 1.807) is 6.07 Å². The van der Waals surface area contributed by atoms with Crippen LogP contribution in [0.15, 0.2) is 48.8 Å². The maximum absolute atomic E-state index is 13.5. The van der Waals surface area contributed by atoms with Crippen LogP contribution in [-0.2, 0) is 17.6 Å². The molecule has 0 aliphatic heterocycles. The molecule has 2 aromatic heterocycles. The summed E-state index contributed by atoms with van der Waals surface area (Å²) >= 11 is 0. The summed E-state index contributed by atoms with van der Waals surface area (Å²) in [4.78, 5) is 30.7. The molecular weight excluding hydrogens is 444 g/mol. The Morgan fingerprint density at radius 3 is 2.27 bits per heavy atom. The van der Waals surface area contributed by atoms with E-state index in [4.69, 9.17) is 5.73 Å². The highest BCUT2D eigenvalue weighted by Gasteiger charge is 2.34. The third-order valence-electron chi connectivity index (χ3n) is 4.32. The minimum Gasteiger partial charge on any atom is -0.366 e. The van der Waals surface area contributed by atoms with E-state index in [0.29, 0.717) is 11.9 Å². The van der Waals surface area contributed by atoms with E-state index in [1.165, 1.54) is 37.4 Å². The molecule has 0 radical (unpaired) electrons. The number of nitrogens with two attached hydrogens (primary N) is 1. The molecule has 3 rings (SSSR count). The lowest BCUT2D eigenvalue weighted by molar-refractivity contribution is -0.137. The molecule has 1 aromatic carbocycles. The van der Waals surface area contributed by atoms with Crippen LogP contribution in [0.2, 0.25) is 0 Å². The fourth-order valence-electron chi connectivity index (χ4n) is 2.86.